The van der Waals surface area contributed by atoms with E-state index in [-0.39, 0.29) is 12.7 Å². The molecule has 1 aliphatic heterocycles. The first-order valence-corrected chi connectivity index (χ1v) is 6.29. The SMILES string of the molecule is C=CCOC1CCN(c2nc(CO)ccc2C)C1. The number of hydrogen-bond donors (Lipinski definition) is 1. The fourth-order valence-electron chi connectivity index (χ4n) is 2.23. The van der Waals surface area contributed by atoms with Crippen LogP contribution in [0.15, 0.2) is 24.8 Å². The maximum Gasteiger partial charge on any atom is 0.131 e. The Morgan fingerprint density at radius 3 is 3.17 bits per heavy atom. The molecule has 2 rings (SSSR count). The highest BCUT2D eigenvalue weighted by atomic mass is 16.5. The number of aliphatic hydroxyl groups excluding tert-OH is 1. The molecule has 2 heterocycles. The van der Waals surface area contributed by atoms with Crippen molar-refractivity contribution in [2.45, 2.75) is 26.1 Å². The zero-order valence-corrected chi connectivity index (χ0v) is 10.8. The van der Waals surface area contributed by atoms with Gasteiger partial charge in [0.2, 0.25) is 0 Å². The average molecular weight is 248 g/mol. The second-order valence-corrected chi connectivity index (χ2v) is 4.58. The Hall–Kier alpha value is -1.39. The summed E-state index contributed by atoms with van der Waals surface area (Å²) in [4.78, 5) is 6.71. The van der Waals surface area contributed by atoms with Crippen molar-refractivity contribution in [1.82, 2.24) is 4.98 Å². The normalized spacial score (nSPS) is 19.2. The number of hydrogen-bond acceptors (Lipinski definition) is 4. The summed E-state index contributed by atoms with van der Waals surface area (Å²) < 4.78 is 5.66. The zero-order chi connectivity index (χ0) is 13.0. The van der Waals surface area contributed by atoms with Gasteiger partial charge in [-0.2, -0.15) is 0 Å². The standard InChI is InChI=1S/C14H20N2O2/c1-3-8-18-13-6-7-16(9-13)14-11(2)4-5-12(10-17)15-14/h3-5,13,17H,1,6-10H2,2H3. The zero-order valence-electron chi connectivity index (χ0n) is 10.8. The highest BCUT2D eigenvalue weighted by Crippen LogP contribution is 2.23. The summed E-state index contributed by atoms with van der Waals surface area (Å²) in [5, 5.41) is 9.15. The topological polar surface area (TPSA) is 45.6 Å². The summed E-state index contributed by atoms with van der Waals surface area (Å²) in [7, 11) is 0. The molecule has 1 N–H and O–H groups in total. The minimum Gasteiger partial charge on any atom is -0.390 e. The van der Waals surface area contributed by atoms with E-state index in [1.54, 1.807) is 6.08 Å². The molecule has 18 heavy (non-hydrogen) atoms. The molecule has 4 nitrogen and oxygen atoms in total. The van der Waals surface area contributed by atoms with Crippen LogP contribution in [0.2, 0.25) is 0 Å². The molecule has 0 amide bonds. The molecule has 0 spiro atoms. The van der Waals surface area contributed by atoms with Crippen molar-refractivity contribution in [1.29, 1.82) is 0 Å². The number of anilines is 1. The van der Waals surface area contributed by atoms with Crippen LogP contribution in [-0.4, -0.2) is 35.9 Å². The highest BCUT2D eigenvalue weighted by Gasteiger charge is 2.24. The van der Waals surface area contributed by atoms with E-state index >= 15 is 0 Å². The summed E-state index contributed by atoms with van der Waals surface area (Å²) in [6, 6.07) is 3.87. The van der Waals surface area contributed by atoms with Crippen molar-refractivity contribution in [2.24, 2.45) is 0 Å². The first-order chi connectivity index (χ1) is 8.74. The Kier molecular flexibility index (Phi) is 4.33. The van der Waals surface area contributed by atoms with E-state index in [0.29, 0.717) is 12.3 Å². The Morgan fingerprint density at radius 2 is 2.44 bits per heavy atom. The second kappa shape index (κ2) is 5.98. The number of nitrogens with zero attached hydrogens (tertiary/aromatic N) is 2. The van der Waals surface area contributed by atoms with Gasteiger partial charge >= 0.3 is 0 Å². The van der Waals surface area contributed by atoms with Gasteiger partial charge in [0, 0.05) is 13.1 Å². The third-order valence-corrected chi connectivity index (χ3v) is 3.18. The number of ether oxygens (including phenoxy) is 1. The maximum atomic E-state index is 9.15. The molecule has 0 aromatic carbocycles. The molecule has 0 bridgehead atoms. The Labute approximate surface area is 108 Å². The molecular formula is C14H20N2O2. The number of aliphatic hydroxyl groups is 1. The third kappa shape index (κ3) is 2.89. The van der Waals surface area contributed by atoms with Crippen LogP contribution < -0.4 is 4.90 Å². The van der Waals surface area contributed by atoms with Crippen LogP contribution in [0.25, 0.3) is 0 Å². The van der Waals surface area contributed by atoms with Crippen LogP contribution in [0.3, 0.4) is 0 Å². The van der Waals surface area contributed by atoms with Gasteiger partial charge in [-0.05, 0) is 25.0 Å². The number of aryl methyl sites for hydroxylation is 1. The molecule has 1 saturated heterocycles. The number of rotatable bonds is 5. The van der Waals surface area contributed by atoms with E-state index < -0.39 is 0 Å². The van der Waals surface area contributed by atoms with E-state index in [1.165, 1.54) is 0 Å². The van der Waals surface area contributed by atoms with Crippen molar-refractivity contribution in [2.75, 3.05) is 24.6 Å². The van der Waals surface area contributed by atoms with Crippen LogP contribution in [0.5, 0.6) is 0 Å². The van der Waals surface area contributed by atoms with E-state index in [4.69, 9.17) is 9.84 Å². The first kappa shape index (κ1) is 13.1. The summed E-state index contributed by atoms with van der Waals surface area (Å²) in [6.45, 7) is 8.09. The van der Waals surface area contributed by atoms with Crippen molar-refractivity contribution >= 4 is 5.82 Å². The van der Waals surface area contributed by atoms with Gasteiger partial charge < -0.3 is 14.7 Å². The molecule has 0 aliphatic carbocycles. The lowest BCUT2D eigenvalue weighted by Gasteiger charge is -2.20. The van der Waals surface area contributed by atoms with Gasteiger partial charge in [-0.3, -0.25) is 0 Å². The van der Waals surface area contributed by atoms with E-state index in [1.807, 2.05) is 19.1 Å². The van der Waals surface area contributed by atoms with E-state index in [2.05, 4.69) is 16.5 Å². The Morgan fingerprint density at radius 1 is 1.61 bits per heavy atom. The molecular weight excluding hydrogens is 228 g/mol. The van der Waals surface area contributed by atoms with Gasteiger partial charge in [0.1, 0.15) is 5.82 Å². The summed E-state index contributed by atoms with van der Waals surface area (Å²) in [6.07, 6.45) is 3.04. The Bertz CT molecular complexity index is 420. The molecule has 1 aromatic heterocycles. The number of pyridine rings is 1. The highest BCUT2D eigenvalue weighted by molar-refractivity contribution is 5.48. The Balaban J connectivity index is 2.06. The van der Waals surface area contributed by atoms with Gasteiger partial charge in [-0.15, -0.1) is 6.58 Å². The van der Waals surface area contributed by atoms with Crippen LogP contribution in [0.1, 0.15) is 17.7 Å². The predicted molar refractivity (Wildman–Crippen MR) is 71.7 cm³/mol. The molecule has 4 heteroatoms. The fourth-order valence-corrected chi connectivity index (χ4v) is 2.23. The molecule has 1 aliphatic rings. The quantitative estimate of drug-likeness (QED) is 0.805. The summed E-state index contributed by atoms with van der Waals surface area (Å²) in [5.74, 6) is 0.964. The monoisotopic (exact) mass is 248 g/mol. The molecule has 0 radical (unpaired) electrons. The summed E-state index contributed by atoms with van der Waals surface area (Å²) in [5.41, 5.74) is 1.85. The lowest BCUT2D eigenvalue weighted by atomic mass is 10.2. The van der Waals surface area contributed by atoms with Gasteiger partial charge in [0.15, 0.2) is 0 Å². The molecule has 1 unspecified atom stereocenters. The van der Waals surface area contributed by atoms with Gasteiger partial charge in [-0.1, -0.05) is 12.1 Å². The lowest BCUT2D eigenvalue weighted by molar-refractivity contribution is 0.0909. The maximum absolute atomic E-state index is 9.15. The van der Waals surface area contributed by atoms with Crippen molar-refractivity contribution in [3.05, 3.63) is 36.0 Å². The third-order valence-electron chi connectivity index (χ3n) is 3.18. The first-order valence-electron chi connectivity index (χ1n) is 6.29. The summed E-state index contributed by atoms with van der Waals surface area (Å²) >= 11 is 0. The van der Waals surface area contributed by atoms with Crippen LogP contribution in [-0.2, 0) is 11.3 Å². The van der Waals surface area contributed by atoms with E-state index in [9.17, 15) is 0 Å². The van der Waals surface area contributed by atoms with Gasteiger partial charge in [-0.25, -0.2) is 4.98 Å². The van der Waals surface area contributed by atoms with Crippen molar-refractivity contribution in [3.63, 3.8) is 0 Å². The molecule has 98 valence electrons. The lowest BCUT2D eigenvalue weighted by Crippen LogP contribution is -2.24. The molecule has 1 fully saturated rings. The van der Waals surface area contributed by atoms with Gasteiger partial charge in [0.05, 0.1) is 25.0 Å². The second-order valence-electron chi connectivity index (χ2n) is 4.58. The smallest absolute Gasteiger partial charge is 0.131 e. The van der Waals surface area contributed by atoms with Crippen LogP contribution in [0.4, 0.5) is 5.82 Å². The van der Waals surface area contributed by atoms with Crippen molar-refractivity contribution < 1.29 is 9.84 Å². The minimum atomic E-state index is -0.0164. The predicted octanol–water partition coefficient (Wildman–Crippen LogP) is 1.66. The van der Waals surface area contributed by atoms with Crippen LogP contribution >= 0.6 is 0 Å². The van der Waals surface area contributed by atoms with E-state index in [0.717, 1.165) is 30.9 Å². The molecule has 1 aromatic rings. The number of aromatic nitrogens is 1. The largest absolute Gasteiger partial charge is 0.390 e. The molecule has 0 saturated carbocycles. The minimum absolute atomic E-state index is 0.0164. The average Bonchev–Trinajstić information content (AvgIpc) is 2.85. The van der Waals surface area contributed by atoms with Crippen LogP contribution in [0, 0.1) is 6.92 Å². The van der Waals surface area contributed by atoms with Crippen molar-refractivity contribution in [3.8, 4) is 0 Å². The fraction of sp³-hybridized carbons (Fsp3) is 0.500. The molecule has 1 atom stereocenters. The van der Waals surface area contributed by atoms with Gasteiger partial charge in [0.25, 0.3) is 0 Å².